The van der Waals surface area contributed by atoms with Gasteiger partial charge in [-0.25, -0.2) is 0 Å². The minimum Gasteiger partial charge on any atom is -0.380 e. The average molecular weight is 337 g/mol. The van der Waals surface area contributed by atoms with Gasteiger partial charge in [-0.3, -0.25) is 0 Å². The van der Waals surface area contributed by atoms with E-state index in [9.17, 15) is 0 Å². The number of para-hydroxylation sites is 1. The van der Waals surface area contributed by atoms with Gasteiger partial charge in [0, 0.05) is 17.6 Å². The number of rotatable bonds is 9. The second kappa shape index (κ2) is 9.24. The topological polar surface area (TPSA) is 33.3 Å². The van der Waals surface area contributed by atoms with Crippen LogP contribution in [-0.2, 0) is 4.74 Å². The lowest BCUT2D eigenvalue weighted by atomic mass is 9.88. The fourth-order valence-corrected chi connectivity index (χ4v) is 2.13. The maximum atomic E-state index is 5.99. The molecule has 0 bridgehead atoms. The molecule has 1 aromatic rings. The summed E-state index contributed by atoms with van der Waals surface area (Å²) >= 11 is 5.38. The molecule has 0 amide bonds. The first kappa shape index (κ1) is 19.9. The van der Waals surface area contributed by atoms with Gasteiger partial charge < -0.3 is 15.4 Å². The Morgan fingerprint density at radius 1 is 1.04 bits per heavy atom. The van der Waals surface area contributed by atoms with Crippen LogP contribution in [0.5, 0.6) is 0 Å². The molecule has 1 atom stereocenters. The highest BCUT2D eigenvalue weighted by molar-refractivity contribution is 7.80. The summed E-state index contributed by atoms with van der Waals surface area (Å²) in [6.45, 7) is 13.5. The minimum atomic E-state index is 0.0756. The highest BCUT2D eigenvalue weighted by Crippen LogP contribution is 2.24. The zero-order valence-electron chi connectivity index (χ0n) is 15.2. The summed E-state index contributed by atoms with van der Waals surface area (Å²) in [6.07, 6.45) is 2.17. The molecule has 0 aromatic heterocycles. The Hall–Kier alpha value is -1.13. The molecule has 1 rings (SSSR count). The number of nitrogens with one attached hydrogen (secondary N) is 2. The van der Waals surface area contributed by atoms with Crippen molar-refractivity contribution in [3.05, 3.63) is 30.3 Å². The predicted octanol–water partition coefficient (Wildman–Crippen LogP) is 4.84. The number of hydrogen-bond donors (Lipinski definition) is 2. The third-order valence-corrected chi connectivity index (χ3v) is 4.71. The predicted molar refractivity (Wildman–Crippen MR) is 104 cm³/mol. The van der Waals surface area contributed by atoms with E-state index in [1.54, 1.807) is 0 Å². The normalized spacial score (nSPS) is 14.1. The quantitative estimate of drug-likeness (QED) is 0.632. The zero-order chi connectivity index (χ0) is 17.3. The molecule has 2 N–H and O–H groups in total. The molecular formula is C19H32N2OS. The first-order valence-corrected chi connectivity index (χ1v) is 8.89. The van der Waals surface area contributed by atoms with Crippen LogP contribution >= 0.6 is 12.2 Å². The lowest BCUT2D eigenvalue weighted by molar-refractivity contribution is 0.00802. The molecule has 0 saturated heterocycles. The molecule has 0 aliphatic heterocycles. The summed E-state index contributed by atoms with van der Waals surface area (Å²) < 4.78 is 5.99. The van der Waals surface area contributed by atoms with Crippen molar-refractivity contribution in [2.24, 2.45) is 10.8 Å². The largest absolute Gasteiger partial charge is 0.380 e. The van der Waals surface area contributed by atoms with E-state index in [2.05, 4.69) is 45.3 Å². The third kappa shape index (κ3) is 7.80. The van der Waals surface area contributed by atoms with Crippen molar-refractivity contribution < 1.29 is 4.74 Å². The average Bonchev–Trinajstić information content (AvgIpc) is 2.54. The van der Waals surface area contributed by atoms with Crippen LogP contribution in [0, 0.1) is 10.8 Å². The van der Waals surface area contributed by atoms with Crippen molar-refractivity contribution in [3.63, 3.8) is 0 Å². The number of ether oxygens (including phenoxy) is 1. The number of benzene rings is 1. The molecule has 3 nitrogen and oxygen atoms in total. The fraction of sp³-hybridized carbons (Fsp3) is 0.632. The first-order valence-electron chi connectivity index (χ1n) is 8.48. The molecular weight excluding hydrogens is 304 g/mol. The van der Waals surface area contributed by atoms with Crippen LogP contribution in [0.25, 0.3) is 0 Å². The van der Waals surface area contributed by atoms with Gasteiger partial charge in [-0.2, -0.15) is 0 Å². The number of hydrogen-bond acceptors (Lipinski definition) is 2. The van der Waals surface area contributed by atoms with Crippen molar-refractivity contribution in [1.29, 1.82) is 0 Å². The molecule has 130 valence electrons. The summed E-state index contributed by atoms with van der Waals surface area (Å²) in [5.74, 6) is 0. The maximum Gasteiger partial charge on any atom is 0.170 e. The minimum absolute atomic E-state index is 0.0756. The summed E-state index contributed by atoms with van der Waals surface area (Å²) in [6, 6.07) is 9.98. The zero-order valence-corrected chi connectivity index (χ0v) is 16.1. The molecule has 0 aliphatic carbocycles. The van der Waals surface area contributed by atoms with Gasteiger partial charge >= 0.3 is 0 Å². The van der Waals surface area contributed by atoms with E-state index in [1.807, 2.05) is 30.3 Å². The molecule has 1 unspecified atom stereocenters. The smallest absolute Gasteiger partial charge is 0.170 e. The molecule has 0 heterocycles. The molecule has 0 saturated carbocycles. The molecule has 0 aliphatic rings. The Morgan fingerprint density at radius 2 is 1.70 bits per heavy atom. The van der Waals surface area contributed by atoms with Crippen LogP contribution < -0.4 is 10.6 Å². The van der Waals surface area contributed by atoms with E-state index in [-0.39, 0.29) is 10.8 Å². The second-order valence-corrected chi connectivity index (χ2v) is 7.76. The van der Waals surface area contributed by atoms with Crippen LogP contribution in [0.3, 0.4) is 0 Å². The third-order valence-electron chi connectivity index (χ3n) is 4.46. The van der Waals surface area contributed by atoms with E-state index in [0.29, 0.717) is 5.11 Å². The highest BCUT2D eigenvalue weighted by Gasteiger charge is 2.24. The van der Waals surface area contributed by atoms with Crippen molar-refractivity contribution in [1.82, 2.24) is 5.32 Å². The summed E-state index contributed by atoms with van der Waals surface area (Å²) in [4.78, 5) is 0. The van der Waals surface area contributed by atoms with E-state index >= 15 is 0 Å². The van der Waals surface area contributed by atoms with Gasteiger partial charge in [0.2, 0.25) is 0 Å². The Kier molecular flexibility index (Phi) is 8.00. The van der Waals surface area contributed by atoms with Gasteiger partial charge in [-0.1, -0.05) is 52.8 Å². The van der Waals surface area contributed by atoms with E-state index in [1.165, 1.54) is 0 Å². The maximum absolute atomic E-state index is 5.99. The Bertz CT molecular complexity index is 476. The lowest BCUT2D eigenvalue weighted by Crippen LogP contribution is -2.40. The number of anilines is 1. The van der Waals surface area contributed by atoms with Crippen molar-refractivity contribution in [3.8, 4) is 0 Å². The standard InChI is InChI=1S/C19H32N2OS/c1-6-18(3,4)14-22-15-19(5,7-2)13-20-17(23)21-16-11-9-8-10-12-16/h8-12H,6-7,13-15H2,1-5H3,(H2,20,21,23). The summed E-state index contributed by atoms with van der Waals surface area (Å²) in [5.41, 5.74) is 1.32. The Labute approximate surface area is 147 Å². The van der Waals surface area contributed by atoms with Gasteiger partial charge in [0.15, 0.2) is 5.11 Å². The summed E-state index contributed by atoms with van der Waals surface area (Å²) in [7, 11) is 0. The van der Waals surface area contributed by atoms with Crippen LogP contribution in [0.4, 0.5) is 5.69 Å². The second-order valence-electron chi connectivity index (χ2n) is 7.35. The molecule has 0 fully saturated rings. The van der Waals surface area contributed by atoms with Crippen molar-refractivity contribution >= 4 is 23.0 Å². The van der Waals surface area contributed by atoms with Crippen LogP contribution in [0.15, 0.2) is 30.3 Å². The Morgan fingerprint density at radius 3 is 2.26 bits per heavy atom. The van der Waals surface area contributed by atoms with Gasteiger partial charge in [-0.15, -0.1) is 0 Å². The van der Waals surface area contributed by atoms with Crippen molar-refractivity contribution in [2.75, 3.05) is 25.1 Å². The van der Waals surface area contributed by atoms with Gasteiger partial charge in [0.25, 0.3) is 0 Å². The highest BCUT2D eigenvalue weighted by atomic mass is 32.1. The molecule has 0 spiro atoms. The van der Waals surface area contributed by atoms with Gasteiger partial charge in [0.05, 0.1) is 13.2 Å². The van der Waals surface area contributed by atoms with Crippen LogP contribution in [0.2, 0.25) is 0 Å². The van der Waals surface area contributed by atoms with Gasteiger partial charge in [0.1, 0.15) is 0 Å². The van der Waals surface area contributed by atoms with Crippen LogP contribution in [-0.4, -0.2) is 24.9 Å². The van der Waals surface area contributed by atoms with E-state index in [4.69, 9.17) is 17.0 Å². The van der Waals surface area contributed by atoms with Gasteiger partial charge in [-0.05, 0) is 42.6 Å². The first-order chi connectivity index (χ1) is 10.8. The molecule has 23 heavy (non-hydrogen) atoms. The molecule has 1 aromatic carbocycles. The molecule has 0 radical (unpaired) electrons. The van der Waals surface area contributed by atoms with Crippen molar-refractivity contribution in [2.45, 2.75) is 47.5 Å². The fourth-order valence-electron chi connectivity index (χ4n) is 1.94. The van der Waals surface area contributed by atoms with E-state index in [0.717, 1.165) is 38.3 Å². The van der Waals surface area contributed by atoms with E-state index < -0.39 is 0 Å². The SMILES string of the molecule is CCC(C)(C)COCC(C)(CC)CNC(=S)Nc1ccccc1. The summed E-state index contributed by atoms with van der Waals surface area (Å²) in [5, 5.41) is 7.19. The molecule has 4 heteroatoms. The monoisotopic (exact) mass is 336 g/mol. The Balaban J connectivity index is 2.40. The lowest BCUT2D eigenvalue weighted by Gasteiger charge is -2.31. The number of thiocarbonyl (C=S) groups is 1. The van der Waals surface area contributed by atoms with Crippen LogP contribution in [0.1, 0.15) is 47.5 Å².